The highest BCUT2D eigenvalue weighted by Gasteiger charge is 2.18. The average molecular weight is 207 g/mol. The molecule has 0 unspecified atom stereocenters. The third-order valence-corrected chi connectivity index (χ3v) is 2.52. The Morgan fingerprint density at radius 3 is 2.93 bits per heavy atom. The molecule has 0 radical (unpaired) electrons. The summed E-state index contributed by atoms with van der Waals surface area (Å²) in [5, 5.41) is 17.1. The minimum atomic E-state index is -0.356. The summed E-state index contributed by atoms with van der Waals surface area (Å²) in [4.78, 5) is 10.4. The van der Waals surface area contributed by atoms with E-state index in [2.05, 4.69) is 10.6 Å². The summed E-state index contributed by atoms with van der Waals surface area (Å²) in [6.07, 6.45) is 1.01. The Morgan fingerprint density at radius 1 is 1.47 bits per heavy atom. The number of hydrogen-bond acceptors (Lipinski definition) is 4. The van der Waals surface area contributed by atoms with Crippen molar-refractivity contribution in [2.45, 2.75) is 12.5 Å². The van der Waals surface area contributed by atoms with Crippen LogP contribution >= 0.6 is 0 Å². The van der Waals surface area contributed by atoms with Crippen LogP contribution in [0.1, 0.15) is 6.42 Å². The second-order valence-electron chi connectivity index (χ2n) is 3.61. The quantitative estimate of drug-likeness (QED) is 0.580. The maximum atomic E-state index is 10.7. The van der Waals surface area contributed by atoms with Crippen LogP contribution in [0.25, 0.3) is 0 Å². The highest BCUT2D eigenvalue weighted by atomic mass is 16.6. The molecule has 1 heterocycles. The topological polar surface area (TPSA) is 67.2 Å². The van der Waals surface area contributed by atoms with Crippen LogP contribution in [0.5, 0.6) is 0 Å². The Morgan fingerprint density at radius 2 is 2.27 bits per heavy atom. The first-order valence-electron chi connectivity index (χ1n) is 4.98. The van der Waals surface area contributed by atoms with Crippen LogP contribution in [0.15, 0.2) is 24.3 Å². The summed E-state index contributed by atoms with van der Waals surface area (Å²) in [7, 11) is 0. The number of nitrogens with zero attached hydrogens (tertiary/aromatic N) is 1. The molecule has 0 saturated carbocycles. The maximum absolute atomic E-state index is 10.7. The van der Waals surface area contributed by atoms with Crippen molar-refractivity contribution in [3.63, 3.8) is 0 Å². The van der Waals surface area contributed by atoms with Gasteiger partial charge in [-0.1, -0.05) is 12.1 Å². The van der Waals surface area contributed by atoms with Gasteiger partial charge in [0.25, 0.3) is 5.69 Å². The summed E-state index contributed by atoms with van der Waals surface area (Å²) in [6.45, 7) is 1.84. The SMILES string of the molecule is O=[N+]([O-])c1ccccc1N[C@H]1CCNC1. The Labute approximate surface area is 87.6 Å². The van der Waals surface area contributed by atoms with E-state index in [-0.39, 0.29) is 10.6 Å². The molecule has 0 spiro atoms. The molecule has 0 bridgehead atoms. The van der Waals surface area contributed by atoms with Gasteiger partial charge in [-0.25, -0.2) is 0 Å². The average Bonchev–Trinajstić information content (AvgIpc) is 2.71. The molecule has 1 aliphatic rings. The largest absolute Gasteiger partial charge is 0.375 e. The maximum Gasteiger partial charge on any atom is 0.292 e. The van der Waals surface area contributed by atoms with Crippen molar-refractivity contribution in [1.29, 1.82) is 0 Å². The molecule has 1 aromatic carbocycles. The second kappa shape index (κ2) is 4.27. The van der Waals surface area contributed by atoms with Gasteiger partial charge in [-0.3, -0.25) is 10.1 Å². The normalized spacial score (nSPS) is 20.1. The third kappa shape index (κ3) is 2.24. The Bertz CT molecular complexity index is 361. The molecule has 1 saturated heterocycles. The molecule has 1 aromatic rings. The Kier molecular flexibility index (Phi) is 2.82. The van der Waals surface area contributed by atoms with Gasteiger partial charge in [0, 0.05) is 18.7 Å². The molecule has 2 N–H and O–H groups in total. The highest BCUT2D eigenvalue weighted by Crippen LogP contribution is 2.24. The fourth-order valence-corrected chi connectivity index (χ4v) is 1.75. The fraction of sp³-hybridized carbons (Fsp3) is 0.400. The fourth-order valence-electron chi connectivity index (χ4n) is 1.75. The zero-order chi connectivity index (χ0) is 10.7. The lowest BCUT2D eigenvalue weighted by Gasteiger charge is -2.12. The van der Waals surface area contributed by atoms with Crippen LogP contribution in [0, 0.1) is 10.1 Å². The lowest BCUT2D eigenvalue weighted by molar-refractivity contribution is -0.384. The summed E-state index contributed by atoms with van der Waals surface area (Å²) < 4.78 is 0. The van der Waals surface area contributed by atoms with Gasteiger partial charge in [-0.05, 0) is 19.0 Å². The number of rotatable bonds is 3. The zero-order valence-corrected chi connectivity index (χ0v) is 8.27. The molecule has 2 rings (SSSR count). The Hall–Kier alpha value is -1.62. The molecular formula is C10H13N3O2. The molecule has 0 aromatic heterocycles. The van der Waals surface area contributed by atoms with Gasteiger partial charge >= 0.3 is 0 Å². The van der Waals surface area contributed by atoms with Gasteiger partial charge in [-0.15, -0.1) is 0 Å². The van der Waals surface area contributed by atoms with Gasteiger partial charge in [0.05, 0.1) is 4.92 Å². The lowest BCUT2D eigenvalue weighted by atomic mass is 10.2. The van der Waals surface area contributed by atoms with E-state index in [0.717, 1.165) is 19.5 Å². The van der Waals surface area contributed by atoms with Gasteiger partial charge in [0.1, 0.15) is 5.69 Å². The van der Waals surface area contributed by atoms with Crippen molar-refractivity contribution in [3.05, 3.63) is 34.4 Å². The van der Waals surface area contributed by atoms with Gasteiger partial charge < -0.3 is 10.6 Å². The van der Waals surface area contributed by atoms with E-state index in [0.29, 0.717) is 11.7 Å². The number of hydrogen-bond donors (Lipinski definition) is 2. The van der Waals surface area contributed by atoms with Crippen molar-refractivity contribution in [3.8, 4) is 0 Å². The Balaban J connectivity index is 2.15. The van der Waals surface area contributed by atoms with Crippen LogP contribution in [0.3, 0.4) is 0 Å². The molecule has 1 aliphatic heterocycles. The first kappa shape index (κ1) is 9.92. The van der Waals surface area contributed by atoms with Gasteiger partial charge in [-0.2, -0.15) is 0 Å². The van der Waals surface area contributed by atoms with E-state index in [9.17, 15) is 10.1 Å². The van der Waals surface area contributed by atoms with E-state index >= 15 is 0 Å². The molecule has 80 valence electrons. The van der Waals surface area contributed by atoms with Crippen LogP contribution in [0.2, 0.25) is 0 Å². The minimum absolute atomic E-state index is 0.143. The van der Waals surface area contributed by atoms with Crippen molar-refractivity contribution >= 4 is 11.4 Å². The van der Waals surface area contributed by atoms with Crippen molar-refractivity contribution < 1.29 is 4.92 Å². The van der Waals surface area contributed by atoms with Crippen molar-refractivity contribution in [1.82, 2.24) is 5.32 Å². The standard InChI is InChI=1S/C10H13N3O2/c14-13(15)10-4-2-1-3-9(10)12-8-5-6-11-7-8/h1-4,8,11-12H,5-7H2/t8-/m0/s1. The molecule has 5 nitrogen and oxygen atoms in total. The van der Waals surface area contributed by atoms with Gasteiger partial charge in [0.2, 0.25) is 0 Å². The zero-order valence-electron chi connectivity index (χ0n) is 8.27. The predicted molar refractivity (Wildman–Crippen MR) is 58.0 cm³/mol. The van der Waals surface area contributed by atoms with E-state index in [1.165, 1.54) is 6.07 Å². The number of para-hydroxylation sites is 2. The van der Waals surface area contributed by atoms with Crippen LogP contribution in [0.4, 0.5) is 11.4 Å². The summed E-state index contributed by atoms with van der Waals surface area (Å²) in [5.74, 6) is 0. The highest BCUT2D eigenvalue weighted by molar-refractivity contribution is 5.61. The van der Waals surface area contributed by atoms with E-state index in [1.54, 1.807) is 18.2 Å². The molecular weight excluding hydrogens is 194 g/mol. The van der Waals surface area contributed by atoms with E-state index < -0.39 is 0 Å². The summed E-state index contributed by atoms with van der Waals surface area (Å²) >= 11 is 0. The number of anilines is 1. The van der Waals surface area contributed by atoms with Crippen molar-refractivity contribution in [2.75, 3.05) is 18.4 Å². The number of nitrogens with one attached hydrogen (secondary N) is 2. The summed E-state index contributed by atoms with van der Waals surface area (Å²) in [6, 6.07) is 7.04. The van der Waals surface area contributed by atoms with Crippen LogP contribution in [-0.4, -0.2) is 24.1 Å². The minimum Gasteiger partial charge on any atom is -0.375 e. The molecule has 1 atom stereocenters. The lowest BCUT2D eigenvalue weighted by Crippen LogP contribution is -2.22. The van der Waals surface area contributed by atoms with Crippen molar-refractivity contribution in [2.24, 2.45) is 0 Å². The number of nitro benzene ring substituents is 1. The molecule has 0 amide bonds. The number of benzene rings is 1. The van der Waals surface area contributed by atoms with Crippen LogP contribution in [-0.2, 0) is 0 Å². The smallest absolute Gasteiger partial charge is 0.292 e. The van der Waals surface area contributed by atoms with Crippen LogP contribution < -0.4 is 10.6 Å². The second-order valence-corrected chi connectivity index (χ2v) is 3.61. The molecule has 15 heavy (non-hydrogen) atoms. The van der Waals surface area contributed by atoms with E-state index in [1.807, 2.05) is 0 Å². The molecule has 5 heteroatoms. The number of nitro groups is 1. The van der Waals surface area contributed by atoms with Gasteiger partial charge in [0.15, 0.2) is 0 Å². The molecule has 0 aliphatic carbocycles. The first-order chi connectivity index (χ1) is 7.27. The summed E-state index contributed by atoms with van der Waals surface area (Å²) in [5.41, 5.74) is 0.751. The predicted octanol–water partition coefficient (Wildman–Crippen LogP) is 1.37. The monoisotopic (exact) mass is 207 g/mol. The third-order valence-electron chi connectivity index (χ3n) is 2.52. The van der Waals surface area contributed by atoms with E-state index in [4.69, 9.17) is 0 Å². The first-order valence-corrected chi connectivity index (χ1v) is 4.98. The molecule has 1 fully saturated rings.